The van der Waals surface area contributed by atoms with Gasteiger partial charge in [0.1, 0.15) is 17.1 Å². The first-order chi connectivity index (χ1) is 13.7. The van der Waals surface area contributed by atoms with Gasteiger partial charge in [-0.2, -0.15) is 0 Å². The van der Waals surface area contributed by atoms with Gasteiger partial charge in [0.15, 0.2) is 0 Å². The predicted octanol–water partition coefficient (Wildman–Crippen LogP) is 2.46. The lowest BCUT2D eigenvalue weighted by Gasteiger charge is -2.30. The number of rotatable bonds is 6. The normalized spacial score (nSPS) is 14.9. The summed E-state index contributed by atoms with van der Waals surface area (Å²) in [4.78, 5) is 27.7. The van der Waals surface area contributed by atoms with Gasteiger partial charge in [0.2, 0.25) is 6.10 Å². The van der Waals surface area contributed by atoms with Gasteiger partial charge in [-0.3, -0.25) is 4.79 Å². The summed E-state index contributed by atoms with van der Waals surface area (Å²) in [5.41, 5.74) is 0.740. The fraction of sp³-hybridized carbons (Fsp3) is 0.333. The topological polar surface area (TPSA) is 74.3 Å². The first-order valence-corrected chi connectivity index (χ1v) is 8.99. The Morgan fingerprint density at radius 1 is 0.929 bits per heavy atom. The minimum absolute atomic E-state index is 0.142. The van der Waals surface area contributed by atoms with E-state index in [1.165, 1.54) is 14.2 Å². The van der Waals surface area contributed by atoms with Gasteiger partial charge < -0.3 is 23.8 Å². The van der Waals surface area contributed by atoms with Crippen LogP contribution >= 0.6 is 0 Å². The molecule has 0 aliphatic carbocycles. The number of methoxy groups -OCH3 is 2. The molecule has 1 amide bonds. The zero-order valence-electron chi connectivity index (χ0n) is 15.9. The molecule has 1 atom stereocenters. The monoisotopic (exact) mass is 385 g/mol. The van der Waals surface area contributed by atoms with Gasteiger partial charge in [-0.1, -0.05) is 36.4 Å². The van der Waals surface area contributed by atoms with Gasteiger partial charge >= 0.3 is 5.97 Å². The lowest BCUT2D eigenvalue weighted by molar-refractivity contribution is -0.145. The molecule has 0 radical (unpaired) electrons. The summed E-state index contributed by atoms with van der Waals surface area (Å²) in [5.74, 6) is -0.341. The average molecular weight is 385 g/mol. The van der Waals surface area contributed by atoms with Crippen LogP contribution < -0.4 is 9.47 Å². The maximum Gasteiger partial charge on any atom is 0.346 e. The highest BCUT2D eigenvalue weighted by atomic mass is 16.6. The quantitative estimate of drug-likeness (QED) is 0.711. The third-order valence-corrected chi connectivity index (χ3v) is 4.51. The molecule has 0 bridgehead atoms. The molecule has 0 saturated carbocycles. The summed E-state index contributed by atoms with van der Waals surface area (Å²) in [6.07, 6.45) is -1.07. The molecule has 2 aromatic rings. The van der Waals surface area contributed by atoms with Crippen molar-refractivity contribution in [1.82, 2.24) is 4.90 Å². The van der Waals surface area contributed by atoms with Gasteiger partial charge in [-0.25, -0.2) is 4.79 Å². The summed E-state index contributed by atoms with van der Waals surface area (Å²) in [6.45, 7) is 1.83. The van der Waals surface area contributed by atoms with Gasteiger partial charge in [0.05, 0.1) is 27.4 Å². The van der Waals surface area contributed by atoms with E-state index >= 15 is 0 Å². The van der Waals surface area contributed by atoms with Crippen LogP contribution in [0.25, 0.3) is 0 Å². The molecule has 7 nitrogen and oxygen atoms in total. The van der Waals surface area contributed by atoms with Crippen LogP contribution in [0.2, 0.25) is 0 Å². The molecule has 7 heteroatoms. The van der Waals surface area contributed by atoms with Crippen LogP contribution in [0, 0.1) is 0 Å². The van der Waals surface area contributed by atoms with E-state index in [4.69, 9.17) is 18.9 Å². The van der Waals surface area contributed by atoms with E-state index in [9.17, 15) is 9.59 Å². The van der Waals surface area contributed by atoms with Crippen molar-refractivity contribution in [3.63, 3.8) is 0 Å². The van der Waals surface area contributed by atoms with Gasteiger partial charge in [-0.15, -0.1) is 0 Å². The molecule has 148 valence electrons. The van der Waals surface area contributed by atoms with Crippen molar-refractivity contribution < 1.29 is 28.5 Å². The highest BCUT2D eigenvalue weighted by Crippen LogP contribution is 2.31. The summed E-state index contributed by atoms with van der Waals surface area (Å²) in [5, 5.41) is 0. The Kier molecular flexibility index (Phi) is 6.49. The zero-order chi connectivity index (χ0) is 19.9. The van der Waals surface area contributed by atoms with Crippen molar-refractivity contribution in [3.05, 3.63) is 59.7 Å². The highest BCUT2D eigenvalue weighted by Gasteiger charge is 2.32. The van der Waals surface area contributed by atoms with E-state index in [0.717, 1.165) is 0 Å². The maximum atomic E-state index is 13.1. The van der Waals surface area contributed by atoms with Crippen LogP contribution in [-0.2, 0) is 14.3 Å². The molecule has 1 saturated heterocycles. The molecule has 3 rings (SSSR count). The number of nitrogens with zero attached hydrogens (tertiary/aromatic N) is 1. The number of morpholine rings is 1. The van der Waals surface area contributed by atoms with Crippen molar-refractivity contribution in [1.29, 1.82) is 0 Å². The summed E-state index contributed by atoms with van der Waals surface area (Å²) >= 11 is 0. The molecule has 1 fully saturated rings. The summed E-state index contributed by atoms with van der Waals surface area (Å²) in [6, 6.07) is 13.9. The van der Waals surface area contributed by atoms with Gasteiger partial charge in [0.25, 0.3) is 5.91 Å². The standard InChI is InChI=1S/C21H23NO6/c1-25-16-9-6-10-17(26-2)18(16)21(24)28-19(15-7-4-3-5-8-15)20(23)22-11-13-27-14-12-22/h3-10,19H,11-14H2,1-2H3. The average Bonchev–Trinajstić information content (AvgIpc) is 2.77. The molecule has 2 aromatic carbocycles. The molecule has 0 N–H and O–H groups in total. The van der Waals surface area contributed by atoms with Crippen molar-refractivity contribution >= 4 is 11.9 Å². The number of ether oxygens (including phenoxy) is 4. The highest BCUT2D eigenvalue weighted by molar-refractivity contribution is 5.97. The Balaban J connectivity index is 1.92. The van der Waals surface area contributed by atoms with Crippen LogP contribution in [-0.4, -0.2) is 57.3 Å². The Hall–Kier alpha value is -3.06. The molecule has 28 heavy (non-hydrogen) atoms. The van der Waals surface area contributed by atoms with Crippen LogP contribution in [0.4, 0.5) is 0 Å². The number of carbonyl (C=O) groups is 2. The Labute approximate surface area is 163 Å². The molecule has 1 heterocycles. The molecule has 1 aliphatic heterocycles. The van der Waals surface area contributed by atoms with E-state index in [0.29, 0.717) is 43.4 Å². The van der Waals surface area contributed by atoms with E-state index in [-0.39, 0.29) is 11.5 Å². The number of hydrogen-bond donors (Lipinski definition) is 0. The van der Waals surface area contributed by atoms with Crippen molar-refractivity contribution in [2.45, 2.75) is 6.10 Å². The smallest absolute Gasteiger partial charge is 0.346 e. The number of benzene rings is 2. The van der Waals surface area contributed by atoms with Gasteiger partial charge in [-0.05, 0) is 12.1 Å². The van der Waals surface area contributed by atoms with Crippen molar-refractivity contribution in [3.8, 4) is 11.5 Å². The lowest BCUT2D eigenvalue weighted by Crippen LogP contribution is -2.44. The third-order valence-electron chi connectivity index (χ3n) is 4.51. The predicted molar refractivity (Wildman–Crippen MR) is 102 cm³/mol. The van der Waals surface area contributed by atoms with Crippen LogP contribution in [0.3, 0.4) is 0 Å². The van der Waals surface area contributed by atoms with E-state index in [1.807, 2.05) is 6.07 Å². The second-order valence-electron chi connectivity index (χ2n) is 6.17. The van der Waals surface area contributed by atoms with Crippen LogP contribution in [0.1, 0.15) is 22.0 Å². The second kappa shape index (κ2) is 9.23. The molecular weight excluding hydrogens is 362 g/mol. The van der Waals surface area contributed by atoms with E-state index < -0.39 is 12.1 Å². The number of amides is 1. The first-order valence-electron chi connectivity index (χ1n) is 8.99. The molecular formula is C21H23NO6. The van der Waals surface area contributed by atoms with Crippen LogP contribution in [0.15, 0.2) is 48.5 Å². The Morgan fingerprint density at radius 3 is 2.11 bits per heavy atom. The minimum Gasteiger partial charge on any atom is -0.496 e. The van der Waals surface area contributed by atoms with E-state index in [1.54, 1.807) is 47.4 Å². The maximum absolute atomic E-state index is 13.1. The van der Waals surface area contributed by atoms with E-state index in [2.05, 4.69) is 0 Å². The molecule has 1 aliphatic rings. The second-order valence-corrected chi connectivity index (χ2v) is 6.17. The fourth-order valence-corrected chi connectivity index (χ4v) is 3.06. The van der Waals surface area contributed by atoms with Crippen molar-refractivity contribution in [2.24, 2.45) is 0 Å². The molecule has 1 unspecified atom stereocenters. The molecule has 0 aromatic heterocycles. The first kappa shape index (κ1) is 19.7. The number of carbonyl (C=O) groups excluding carboxylic acids is 2. The minimum atomic E-state index is -1.07. The summed E-state index contributed by atoms with van der Waals surface area (Å²) < 4.78 is 21.6. The van der Waals surface area contributed by atoms with Crippen LogP contribution in [0.5, 0.6) is 11.5 Å². The summed E-state index contributed by atoms with van der Waals surface area (Å²) in [7, 11) is 2.91. The third kappa shape index (κ3) is 4.26. The SMILES string of the molecule is COc1cccc(OC)c1C(=O)OC(C(=O)N1CCOCC1)c1ccccc1. The van der Waals surface area contributed by atoms with Crippen molar-refractivity contribution in [2.75, 3.05) is 40.5 Å². The number of hydrogen-bond acceptors (Lipinski definition) is 6. The Bertz CT molecular complexity index is 795. The largest absolute Gasteiger partial charge is 0.496 e. The lowest BCUT2D eigenvalue weighted by atomic mass is 10.1. The number of esters is 1. The zero-order valence-corrected chi connectivity index (χ0v) is 15.9. The Morgan fingerprint density at radius 2 is 1.54 bits per heavy atom. The fourth-order valence-electron chi connectivity index (χ4n) is 3.06. The molecule has 0 spiro atoms. The van der Waals surface area contributed by atoms with Gasteiger partial charge in [0, 0.05) is 18.7 Å².